The first-order chi connectivity index (χ1) is 9.34. The molecule has 2 fully saturated rings. The molecule has 1 aromatic rings. The van der Waals surface area contributed by atoms with Crippen LogP contribution in [-0.2, 0) is 5.41 Å². The molecule has 1 saturated heterocycles. The van der Waals surface area contributed by atoms with Crippen molar-refractivity contribution in [3.05, 3.63) is 11.6 Å². The number of nitrogens with one attached hydrogen (secondary N) is 2. The monoisotopic (exact) mass is 262 g/mol. The van der Waals surface area contributed by atoms with Gasteiger partial charge in [0.2, 0.25) is 0 Å². The second-order valence-electron chi connectivity index (χ2n) is 6.34. The van der Waals surface area contributed by atoms with E-state index in [4.69, 9.17) is 4.98 Å². The van der Waals surface area contributed by atoms with Crippen LogP contribution in [0.1, 0.15) is 75.9 Å². The van der Waals surface area contributed by atoms with E-state index in [1.54, 1.807) is 0 Å². The highest BCUT2D eigenvalue weighted by Gasteiger charge is 2.37. The molecule has 0 amide bonds. The maximum Gasteiger partial charge on any atom is 0.158 e. The smallest absolute Gasteiger partial charge is 0.158 e. The van der Waals surface area contributed by atoms with Crippen LogP contribution in [0.3, 0.4) is 0 Å². The van der Waals surface area contributed by atoms with E-state index in [0.717, 1.165) is 24.7 Å². The molecule has 4 heteroatoms. The number of rotatable bonds is 4. The van der Waals surface area contributed by atoms with E-state index in [1.165, 1.54) is 51.4 Å². The van der Waals surface area contributed by atoms with Crippen molar-refractivity contribution in [2.75, 3.05) is 13.1 Å². The Labute approximate surface area is 115 Å². The first-order valence-electron chi connectivity index (χ1n) is 7.97. The normalized spacial score (nSPS) is 28.9. The molecule has 1 saturated carbocycles. The van der Waals surface area contributed by atoms with Crippen LogP contribution in [0.25, 0.3) is 0 Å². The van der Waals surface area contributed by atoms with Gasteiger partial charge in [-0.1, -0.05) is 26.2 Å². The van der Waals surface area contributed by atoms with E-state index in [9.17, 15) is 0 Å². The molecular weight excluding hydrogens is 236 g/mol. The van der Waals surface area contributed by atoms with Gasteiger partial charge in [0, 0.05) is 17.9 Å². The van der Waals surface area contributed by atoms with Crippen LogP contribution in [0.2, 0.25) is 0 Å². The topological polar surface area (TPSA) is 53.6 Å². The number of aromatic nitrogens is 3. The van der Waals surface area contributed by atoms with Gasteiger partial charge < -0.3 is 5.32 Å². The summed E-state index contributed by atoms with van der Waals surface area (Å²) in [5.74, 6) is 2.86. The van der Waals surface area contributed by atoms with E-state index >= 15 is 0 Å². The fraction of sp³-hybridized carbons (Fsp3) is 0.867. The Bertz CT molecular complexity index is 395. The number of H-pyrrole nitrogens is 1. The van der Waals surface area contributed by atoms with E-state index in [1.807, 2.05) is 0 Å². The minimum absolute atomic E-state index is 0.181. The number of hydrogen-bond acceptors (Lipinski definition) is 3. The summed E-state index contributed by atoms with van der Waals surface area (Å²) in [6.07, 6.45) is 10.1. The fourth-order valence-electron chi connectivity index (χ4n) is 3.86. The fourth-order valence-corrected chi connectivity index (χ4v) is 3.86. The first kappa shape index (κ1) is 13.1. The molecule has 1 unspecified atom stereocenters. The van der Waals surface area contributed by atoms with Gasteiger partial charge in [0.1, 0.15) is 5.82 Å². The summed E-state index contributed by atoms with van der Waals surface area (Å²) < 4.78 is 0. The van der Waals surface area contributed by atoms with Crippen molar-refractivity contribution in [2.24, 2.45) is 0 Å². The minimum atomic E-state index is 0.181. The van der Waals surface area contributed by atoms with Gasteiger partial charge in [0.15, 0.2) is 5.82 Å². The molecule has 2 aliphatic rings. The van der Waals surface area contributed by atoms with Crippen LogP contribution in [0.5, 0.6) is 0 Å². The van der Waals surface area contributed by atoms with Gasteiger partial charge in [0.05, 0.1) is 0 Å². The molecule has 0 radical (unpaired) electrons. The molecule has 1 aromatic heterocycles. The Morgan fingerprint density at radius 3 is 2.79 bits per heavy atom. The molecule has 1 aliphatic carbocycles. The number of piperidine rings is 1. The Kier molecular flexibility index (Phi) is 3.87. The van der Waals surface area contributed by atoms with Crippen LogP contribution in [0, 0.1) is 0 Å². The summed E-state index contributed by atoms with van der Waals surface area (Å²) in [5, 5.41) is 11.4. The predicted octanol–water partition coefficient (Wildman–Crippen LogP) is 2.88. The lowest BCUT2D eigenvalue weighted by Crippen LogP contribution is -2.44. The van der Waals surface area contributed by atoms with Gasteiger partial charge in [-0.05, 0) is 38.6 Å². The molecule has 0 aromatic carbocycles. The second kappa shape index (κ2) is 5.61. The average Bonchev–Trinajstić information content (AvgIpc) is 3.11. The zero-order valence-electron chi connectivity index (χ0n) is 12.0. The molecule has 0 spiro atoms. The summed E-state index contributed by atoms with van der Waals surface area (Å²) in [7, 11) is 0. The molecule has 1 atom stereocenters. The van der Waals surface area contributed by atoms with Crippen molar-refractivity contribution in [1.82, 2.24) is 20.5 Å². The number of hydrogen-bond donors (Lipinski definition) is 2. The Balaban J connectivity index is 1.81. The van der Waals surface area contributed by atoms with Gasteiger partial charge in [-0.25, -0.2) is 4.98 Å². The molecule has 4 nitrogen and oxygen atoms in total. The molecule has 19 heavy (non-hydrogen) atoms. The lowest BCUT2D eigenvalue weighted by Gasteiger charge is -2.35. The second-order valence-corrected chi connectivity index (χ2v) is 6.34. The zero-order chi connectivity index (χ0) is 13.1. The summed E-state index contributed by atoms with van der Waals surface area (Å²) in [5.41, 5.74) is 0.181. The van der Waals surface area contributed by atoms with E-state index in [-0.39, 0.29) is 5.41 Å². The summed E-state index contributed by atoms with van der Waals surface area (Å²) >= 11 is 0. The highest BCUT2D eigenvalue weighted by atomic mass is 15.2. The Morgan fingerprint density at radius 1 is 1.26 bits per heavy atom. The van der Waals surface area contributed by atoms with E-state index in [2.05, 4.69) is 22.4 Å². The van der Waals surface area contributed by atoms with Crippen LogP contribution in [-0.4, -0.2) is 28.3 Å². The van der Waals surface area contributed by atoms with E-state index in [0.29, 0.717) is 5.92 Å². The quantitative estimate of drug-likeness (QED) is 0.877. The van der Waals surface area contributed by atoms with Gasteiger partial charge in [0.25, 0.3) is 0 Å². The standard InChI is InChI=1S/C15H26N4/c1-2-8-15(9-5-10-16-11-15)14-17-13(18-19-14)12-6-3-4-7-12/h12,16H,2-11H2,1H3,(H,17,18,19). The summed E-state index contributed by atoms with van der Waals surface area (Å²) in [4.78, 5) is 4.90. The predicted molar refractivity (Wildman–Crippen MR) is 76.3 cm³/mol. The van der Waals surface area contributed by atoms with Crippen molar-refractivity contribution in [1.29, 1.82) is 0 Å². The van der Waals surface area contributed by atoms with E-state index < -0.39 is 0 Å². The Hall–Kier alpha value is -0.900. The average molecular weight is 262 g/mol. The third kappa shape index (κ3) is 2.55. The van der Waals surface area contributed by atoms with Crippen LogP contribution >= 0.6 is 0 Å². The molecule has 0 bridgehead atoms. The lowest BCUT2D eigenvalue weighted by molar-refractivity contribution is 0.276. The SMILES string of the molecule is CCCC1(c2n[nH]c(C3CCCC3)n2)CCCNC1. The number of nitrogens with zero attached hydrogens (tertiary/aromatic N) is 2. The van der Waals surface area contributed by atoms with Gasteiger partial charge in [-0.3, -0.25) is 5.10 Å². The molecule has 106 valence electrons. The van der Waals surface area contributed by atoms with Gasteiger partial charge >= 0.3 is 0 Å². The van der Waals surface area contributed by atoms with Crippen LogP contribution < -0.4 is 5.32 Å². The summed E-state index contributed by atoms with van der Waals surface area (Å²) in [6, 6.07) is 0. The molecular formula is C15H26N4. The maximum absolute atomic E-state index is 4.90. The molecule has 2 N–H and O–H groups in total. The highest BCUT2D eigenvalue weighted by Crippen LogP contribution is 2.36. The van der Waals surface area contributed by atoms with Crippen molar-refractivity contribution in [3.8, 4) is 0 Å². The van der Waals surface area contributed by atoms with Crippen molar-refractivity contribution < 1.29 is 0 Å². The number of aromatic amines is 1. The molecule has 3 rings (SSSR count). The highest BCUT2D eigenvalue weighted by molar-refractivity contribution is 5.13. The largest absolute Gasteiger partial charge is 0.316 e. The van der Waals surface area contributed by atoms with Crippen molar-refractivity contribution >= 4 is 0 Å². The lowest BCUT2D eigenvalue weighted by atomic mass is 9.76. The third-order valence-corrected chi connectivity index (χ3v) is 4.92. The third-order valence-electron chi connectivity index (χ3n) is 4.92. The molecule has 2 heterocycles. The first-order valence-corrected chi connectivity index (χ1v) is 7.97. The maximum atomic E-state index is 4.90. The summed E-state index contributed by atoms with van der Waals surface area (Å²) in [6.45, 7) is 4.45. The van der Waals surface area contributed by atoms with Crippen molar-refractivity contribution in [3.63, 3.8) is 0 Å². The van der Waals surface area contributed by atoms with Crippen molar-refractivity contribution in [2.45, 2.75) is 69.6 Å². The Morgan fingerprint density at radius 2 is 2.11 bits per heavy atom. The minimum Gasteiger partial charge on any atom is -0.316 e. The van der Waals surface area contributed by atoms with Crippen LogP contribution in [0.4, 0.5) is 0 Å². The van der Waals surface area contributed by atoms with Gasteiger partial charge in [-0.2, -0.15) is 5.10 Å². The van der Waals surface area contributed by atoms with Gasteiger partial charge in [-0.15, -0.1) is 0 Å². The molecule has 1 aliphatic heterocycles. The van der Waals surface area contributed by atoms with Crippen LogP contribution in [0.15, 0.2) is 0 Å². The zero-order valence-corrected chi connectivity index (χ0v) is 12.0.